The topological polar surface area (TPSA) is 40.6 Å². The Morgan fingerprint density at radius 1 is 0.905 bits per heavy atom. The van der Waals surface area contributed by atoms with Gasteiger partial charge in [-0.05, 0) is 23.8 Å². The summed E-state index contributed by atoms with van der Waals surface area (Å²) in [4.78, 5) is 2.46. The third-order valence-corrected chi connectivity index (χ3v) is 5.67. The standard InChI is InChI=1S/C16H18N2O2S/c1-17-11-12-18(13-14-7-5-6-10-16(14)17)21(19,20)15-8-3-2-4-9-15/h2-10H,11-13H2,1H3. The van der Waals surface area contributed by atoms with E-state index in [-0.39, 0.29) is 0 Å². The second kappa shape index (κ2) is 5.50. The molecule has 1 heterocycles. The van der Waals surface area contributed by atoms with Crippen LogP contribution in [0.4, 0.5) is 5.69 Å². The highest BCUT2D eigenvalue weighted by Gasteiger charge is 2.27. The van der Waals surface area contributed by atoms with Crippen molar-refractivity contribution in [3.8, 4) is 0 Å². The second-order valence-electron chi connectivity index (χ2n) is 5.20. The Morgan fingerprint density at radius 3 is 2.33 bits per heavy atom. The first kappa shape index (κ1) is 14.1. The fraction of sp³-hybridized carbons (Fsp3) is 0.250. The Bertz CT molecular complexity index is 729. The monoisotopic (exact) mass is 302 g/mol. The van der Waals surface area contributed by atoms with Crippen LogP contribution in [0.3, 0.4) is 0 Å². The zero-order valence-corrected chi connectivity index (χ0v) is 12.8. The lowest BCUT2D eigenvalue weighted by atomic mass is 10.1. The van der Waals surface area contributed by atoms with Crippen molar-refractivity contribution in [2.45, 2.75) is 11.4 Å². The molecule has 2 aromatic carbocycles. The summed E-state index contributed by atoms with van der Waals surface area (Å²) in [5, 5.41) is 0. The summed E-state index contributed by atoms with van der Waals surface area (Å²) in [5.74, 6) is 0. The molecule has 0 N–H and O–H groups in total. The van der Waals surface area contributed by atoms with E-state index in [1.54, 1.807) is 28.6 Å². The van der Waals surface area contributed by atoms with Crippen LogP contribution >= 0.6 is 0 Å². The van der Waals surface area contributed by atoms with Gasteiger partial charge in [0.1, 0.15) is 0 Å². The fourth-order valence-corrected chi connectivity index (χ4v) is 4.04. The molecule has 4 nitrogen and oxygen atoms in total. The minimum atomic E-state index is -3.44. The summed E-state index contributed by atoms with van der Waals surface area (Å²) in [6, 6.07) is 16.6. The molecule has 110 valence electrons. The lowest BCUT2D eigenvalue weighted by Crippen LogP contribution is -2.34. The summed E-state index contributed by atoms with van der Waals surface area (Å²) in [6.45, 7) is 1.59. The highest BCUT2D eigenvalue weighted by Crippen LogP contribution is 2.27. The van der Waals surface area contributed by atoms with Crippen LogP contribution < -0.4 is 4.90 Å². The van der Waals surface area contributed by atoms with E-state index in [0.29, 0.717) is 24.5 Å². The first-order chi connectivity index (χ1) is 10.1. The van der Waals surface area contributed by atoms with Gasteiger partial charge in [0, 0.05) is 32.4 Å². The molecular formula is C16H18N2O2S. The number of benzene rings is 2. The Kier molecular flexibility index (Phi) is 3.69. The van der Waals surface area contributed by atoms with Crippen LogP contribution in [-0.4, -0.2) is 32.9 Å². The van der Waals surface area contributed by atoms with Crippen molar-refractivity contribution in [3.63, 3.8) is 0 Å². The van der Waals surface area contributed by atoms with E-state index in [2.05, 4.69) is 4.90 Å². The number of rotatable bonds is 2. The highest BCUT2D eigenvalue weighted by molar-refractivity contribution is 7.89. The van der Waals surface area contributed by atoms with Gasteiger partial charge in [-0.25, -0.2) is 8.42 Å². The van der Waals surface area contributed by atoms with Crippen LogP contribution in [-0.2, 0) is 16.6 Å². The first-order valence-electron chi connectivity index (χ1n) is 6.93. The summed E-state index contributed by atoms with van der Waals surface area (Å²) in [6.07, 6.45) is 0. The van der Waals surface area contributed by atoms with Gasteiger partial charge in [0.15, 0.2) is 0 Å². The van der Waals surface area contributed by atoms with E-state index in [0.717, 1.165) is 11.3 Å². The average Bonchev–Trinajstić information content (AvgIpc) is 2.68. The molecule has 0 atom stereocenters. The van der Waals surface area contributed by atoms with Gasteiger partial charge >= 0.3 is 0 Å². The number of likely N-dealkylation sites (N-methyl/N-ethyl adjacent to an activating group) is 1. The third-order valence-electron chi connectivity index (χ3n) is 3.82. The summed E-state index contributed by atoms with van der Waals surface area (Å²) in [5.41, 5.74) is 2.14. The Hall–Kier alpha value is -1.85. The number of anilines is 1. The van der Waals surface area contributed by atoms with E-state index in [1.807, 2.05) is 37.4 Å². The molecule has 1 aliphatic heterocycles. The van der Waals surface area contributed by atoms with E-state index in [1.165, 1.54) is 0 Å². The molecular weight excluding hydrogens is 284 g/mol. The quantitative estimate of drug-likeness (QED) is 0.855. The molecule has 0 amide bonds. The van der Waals surface area contributed by atoms with Gasteiger partial charge in [0.25, 0.3) is 0 Å². The van der Waals surface area contributed by atoms with E-state index in [9.17, 15) is 8.42 Å². The molecule has 0 radical (unpaired) electrons. The van der Waals surface area contributed by atoms with Crippen LogP contribution in [0, 0.1) is 0 Å². The van der Waals surface area contributed by atoms with Gasteiger partial charge in [-0.3, -0.25) is 0 Å². The smallest absolute Gasteiger partial charge is 0.243 e. The van der Waals surface area contributed by atoms with Crippen LogP contribution in [0.15, 0.2) is 59.5 Å². The molecule has 21 heavy (non-hydrogen) atoms. The number of sulfonamides is 1. The van der Waals surface area contributed by atoms with E-state index in [4.69, 9.17) is 0 Å². The Morgan fingerprint density at radius 2 is 1.57 bits per heavy atom. The highest BCUT2D eigenvalue weighted by atomic mass is 32.2. The van der Waals surface area contributed by atoms with Crippen molar-refractivity contribution in [2.24, 2.45) is 0 Å². The Balaban J connectivity index is 1.98. The first-order valence-corrected chi connectivity index (χ1v) is 8.37. The molecule has 0 unspecified atom stereocenters. The van der Waals surface area contributed by atoms with E-state index >= 15 is 0 Å². The SMILES string of the molecule is CN1CCN(S(=O)(=O)c2ccccc2)Cc2ccccc21. The summed E-state index contributed by atoms with van der Waals surface area (Å²) >= 11 is 0. The van der Waals surface area contributed by atoms with Gasteiger partial charge in [0.05, 0.1) is 4.90 Å². The lowest BCUT2D eigenvalue weighted by Gasteiger charge is -2.20. The van der Waals surface area contributed by atoms with Gasteiger partial charge in [-0.2, -0.15) is 4.31 Å². The summed E-state index contributed by atoms with van der Waals surface area (Å²) < 4.78 is 27.1. The zero-order chi connectivity index (χ0) is 14.9. The molecule has 5 heteroatoms. The van der Waals surface area contributed by atoms with Crippen molar-refractivity contribution in [1.82, 2.24) is 4.31 Å². The van der Waals surface area contributed by atoms with Crippen molar-refractivity contribution >= 4 is 15.7 Å². The maximum absolute atomic E-state index is 12.8. The molecule has 1 aliphatic rings. The van der Waals surface area contributed by atoms with Crippen molar-refractivity contribution in [3.05, 3.63) is 60.2 Å². The largest absolute Gasteiger partial charge is 0.373 e. The molecule has 2 aromatic rings. The molecule has 0 aliphatic carbocycles. The zero-order valence-electron chi connectivity index (χ0n) is 11.9. The molecule has 0 fully saturated rings. The number of hydrogen-bond donors (Lipinski definition) is 0. The van der Waals surface area contributed by atoms with Gasteiger partial charge in [0.2, 0.25) is 10.0 Å². The average molecular weight is 302 g/mol. The second-order valence-corrected chi connectivity index (χ2v) is 7.14. The normalized spacial score (nSPS) is 16.3. The fourth-order valence-electron chi connectivity index (χ4n) is 2.61. The van der Waals surface area contributed by atoms with E-state index < -0.39 is 10.0 Å². The predicted octanol–water partition coefficient (Wildman–Crippen LogP) is 2.33. The molecule has 0 saturated carbocycles. The maximum atomic E-state index is 12.8. The van der Waals surface area contributed by atoms with Crippen molar-refractivity contribution in [1.29, 1.82) is 0 Å². The number of nitrogens with zero attached hydrogens (tertiary/aromatic N) is 2. The van der Waals surface area contributed by atoms with Gasteiger partial charge in [-0.1, -0.05) is 36.4 Å². The predicted molar refractivity (Wildman–Crippen MR) is 83.7 cm³/mol. The molecule has 0 saturated heterocycles. The minimum Gasteiger partial charge on any atom is -0.373 e. The lowest BCUT2D eigenvalue weighted by molar-refractivity contribution is 0.420. The summed E-state index contributed by atoms with van der Waals surface area (Å²) in [7, 11) is -1.45. The van der Waals surface area contributed by atoms with Crippen LogP contribution in [0.1, 0.15) is 5.56 Å². The molecule has 3 rings (SSSR count). The number of fused-ring (bicyclic) bond motifs is 1. The van der Waals surface area contributed by atoms with Crippen LogP contribution in [0.2, 0.25) is 0 Å². The number of para-hydroxylation sites is 1. The van der Waals surface area contributed by atoms with Crippen LogP contribution in [0.25, 0.3) is 0 Å². The molecule has 0 spiro atoms. The minimum absolute atomic E-state index is 0.354. The van der Waals surface area contributed by atoms with Crippen molar-refractivity contribution in [2.75, 3.05) is 25.0 Å². The Labute approximate surface area is 125 Å². The van der Waals surface area contributed by atoms with Crippen LogP contribution in [0.5, 0.6) is 0 Å². The maximum Gasteiger partial charge on any atom is 0.243 e. The van der Waals surface area contributed by atoms with Crippen molar-refractivity contribution < 1.29 is 8.42 Å². The molecule has 0 aromatic heterocycles. The third kappa shape index (κ3) is 2.66. The molecule has 0 bridgehead atoms. The number of hydrogen-bond acceptors (Lipinski definition) is 3. The van der Waals surface area contributed by atoms with Gasteiger partial charge < -0.3 is 4.90 Å². The van der Waals surface area contributed by atoms with Gasteiger partial charge in [-0.15, -0.1) is 0 Å².